The highest BCUT2D eigenvalue weighted by molar-refractivity contribution is 5.94. The minimum Gasteiger partial charge on any atom is -0.497 e. The lowest BCUT2D eigenvalue weighted by molar-refractivity contribution is -0.137. The Labute approximate surface area is 105 Å². The van der Waals surface area contributed by atoms with Gasteiger partial charge in [-0.15, -0.1) is 0 Å². The fourth-order valence-electron chi connectivity index (χ4n) is 2.33. The topological polar surface area (TPSA) is 66.8 Å². The van der Waals surface area contributed by atoms with Crippen LogP contribution in [-0.4, -0.2) is 30.6 Å². The zero-order valence-corrected chi connectivity index (χ0v) is 10.3. The molecule has 1 heterocycles. The standard InChI is InChI=1S/C13H15NO4/c1-8(15)14-7-9(5-13(16)17)11-6-10(18-2)3-4-12(11)14/h3-4,6,9H,5,7H2,1-2H3,(H,16,17). The van der Waals surface area contributed by atoms with Gasteiger partial charge < -0.3 is 14.7 Å². The molecule has 1 N–H and O–H groups in total. The van der Waals surface area contributed by atoms with Crippen molar-refractivity contribution in [2.75, 3.05) is 18.6 Å². The molecule has 5 nitrogen and oxygen atoms in total. The Hall–Kier alpha value is -2.04. The van der Waals surface area contributed by atoms with Gasteiger partial charge in [-0.2, -0.15) is 0 Å². The van der Waals surface area contributed by atoms with Crippen molar-refractivity contribution in [2.45, 2.75) is 19.3 Å². The molecule has 0 saturated carbocycles. The average molecular weight is 249 g/mol. The summed E-state index contributed by atoms with van der Waals surface area (Å²) < 4.78 is 5.14. The van der Waals surface area contributed by atoms with Crippen LogP contribution in [0.3, 0.4) is 0 Å². The maximum atomic E-state index is 11.5. The van der Waals surface area contributed by atoms with E-state index in [2.05, 4.69) is 0 Å². The minimum absolute atomic E-state index is 0.0178. The predicted molar refractivity (Wildman–Crippen MR) is 66.0 cm³/mol. The van der Waals surface area contributed by atoms with E-state index in [0.717, 1.165) is 11.3 Å². The monoisotopic (exact) mass is 249 g/mol. The Morgan fingerprint density at radius 1 is 1.50 bits per heavy atom. The van der Waals surface area contributed by atoms with Gasteiger partial charge in [0.1, 0.15) is 5.75 Å². The number of carboxylic acids is 1. The van der Waals surface area contributed by atoms with Gasteiger partial charge >= 0.3 is 5.97 Å². The first kappa shape index (κ1) is 12.4. The van der Waals surface area contributed by atoms with E-state index in [1.54, 1.807) is 24.1 Å². The van der Waals surface area contributed by atoms with E-state index < -0.39 is 5.97 Å². The van der Waals surface area contributed by atoms with Gasteiger partial charge in [0.25, 0.3) is 0 Å². The fourth-order valence-corrected chi connectivity index (χ4v) is 2.33. The second-order valence-electron chi connectivity index (χ2n) is 4.35. The smallest absolute Gasteiger partial charge is 0.304 e. The van der Waals surface area contributed by atoms with Crippen molar-refractivity contribution in [3.05, 3.63) is 23.8 Å². The zero-order chi connectivity index (χ0) is 13.3. The molecule has 18 heavy (non-hydrogen) atoms. The Morgan fingerprint density at radius 2 is 2.22 bits per heavy atom. The second kappa shape index (κ2) is 4.68. The molecule has 1 atom stereocenters. The summed E-state index contributed by atoms with van der Waals surface area (Å²) in [6.45, 7) is 1.90. The van der Waals surface area contributed by atoms with Crippen molar-refractivity contribution in [3.63, 3.8) is 0 Å². The number of carboxylic acid groups (broad SMARTS) is 1. The van der Waals surface area contributed by atoms with Crippen molar-refractivity contribution in [1.29, 1.82) is 0 Å². The predicted octanol–water partition coefficient (Wildman–Crippen LogP) is 1.62. The molecule has 1 unspecified atom stereocenters. The molecular weight excluding hydrogens is 234 g/mol. The molecule has 0 radical (unpaired) electrons. The summed E-state index contributed by atoms with van der Waals surface area (Å²) >= 11 is 0. The van der Waals surface area contributed by atoms with E-state index in [1.807, 2.05) is 6.07 Å². The van der Waals surface area contributed by atoms with Crippen molar-refractivity contribution >= 4 is 17.6 Å². The van der Waals surface area contributed by atoms with Crippen LogP contribution >= 0.6 is 0 Å². The first-order chi connectivity index (χ1) is 8.52. The number of methoxy groups -OCH3 is 1. The van der Waals surface area contributed by atoms with Gasteiger partial charge in [0.05, 0.1) is 13.5 Å². The highest BCUT2D eigenvalue weighted by Gasteiger charge is 2.32. The molecular formula is C13H15NO4. The lowest BCUT2D eigenvalue weighted by atomic mass is 9.98. The lowest BCUT2D eigenvalue weighted by Gasteiger charge is -2.14. The summed E-state index contributed by atoms with van der Waals surface area (Å²) in [6, 6.07) is 5.39. The van der Waals surface area contributed by atoms with Crippen LogP contribution in [0.4, 0.5) is 5.69 Å². The fraction of sp³-hybridized carbons (Fsp3) is 0.385. The third kappa shape index (κ3) is 2.16. The molecule has 5 heteroatoms. The quantitative estimate of drug-likeness (QED) is 0.884. The number of hydrogen-bond donors (Lipinski definition) is 1. The van der Waals surface area contributed by atoms with Crippen LogP contribution in [0.1, 0.15) is 24.8 Å². The van der Waals surface area contributed by atoms with E-state index in [4.69, 9.17) is 9.84 Å². The van der Waals surface area contributed by atoms with Crippen LogP contribution in [-0.2, 0) is 9.59 Å². The largest absolute Gasteiger partial charge is 0.497 e. The van der Waals surface area contributed by atoms with E-state index in [0.29, 0.717) is 12.3 Å². The Morgan fingerprint density at radius 3 is 2.78 bits per heavy atom. The Balaban J connectivity index is 2.40. The van der Waals surface area contributed by atoms with Crippen LogP contribution < -0.4 is 9.64 Å². The normalized spacial score (nSPS) is 17.4. The molecule has 96 valence electrons. The first-order valence-corrected chi connectivity index (χ1v) is 5.70. The lowest BCUT2D eigenvalue weighted by Crippen LogP contribution is -2.27. The van der Waals surface area contributed by atoms with Crippen molar-refractivity contribution in [3.8, 4) is 5.75 Å². The molecule has 1 aliphatic heterocycles. The summed E-state index contributed by atoms with van der Waals surface area (Å²) in [5.41, 5.74) is 1.65. The van der Waals surface area contributed by atoms with Gasteiger partial charge in [0, 0.05) is 25.1 Å². The number of carbonyl (C=O) groups is 2. The Kier molecular flexibility index (Phi) is 3.23. The number of carbonyl (C=O) groups excluding carboxylic acids is 1. The van der Waals surface area contributed by atoms with Gasteiger partial charge in [-0.1, -0.05) is 0 Å². The first-order valence-electron chi connectivity index (χ1n) is 5.70. The number of fused-ring (bicyclic) bond motifs is 1. The minimum atomic E-state index is -0.862. The number of amides is 1. The van der Waals surface area contributed by atoms with Gasteiger partial charge in [-0.25, -0.2) is 0 Å². The van der Waals surface area contributed by atoms with Gasteiger partial charge in [-0.05, 0) is 23.8 Å². The number of ether oxygens (including phenoxy) is 1. The molecule has 0 aliphatic carbocycles. The molecule has 0 fully saturated rings. The summed E-state index contributed by atoms with van der Waals surface area (Å²) in [6.07, 6.45) is 0.0178. The molecule has 1 aromatic carbocycles. The van der Waals surface area contributed by atoms with E-state index >= 15 is 0 Å². The molecule has 0 aromatic heterocycles. The molecule has 1 aromatic rings. The van der Waals surface area contributed by atoms with Gasteiger partial charge in [0.15, 0.2) is 0 Å². The SMILES string of the molecule is COc1ccc2c(c1)C(CC(=O)O)CN2C(C)=O. The molecule has 1 aliphatic rings. The molecule has 1 amide bonds. The van der Waals surface area contributed by atoms with Crippen LogP contribution in [0.15, 0.2) is 18.2 Å². The summed E-state index contributed by atoms with van der Waals surface area (Å²) in [5.74, 6) is -0.431. The zero-order valence-electron chi connectivity index (χ0n) is 10.3. The number of hydrogen-bond acceptors (Lipinski definition) is 3. The number of nitrogens with zero attached hydrogens (tertiary/aromatic N) is 1. The van der Waals surface area contributed by atoms with Crippen molar-refractivity contribution in [2.24, 2.45) is 0 Å². The second-order valence-corrected chi connectivity index (χ2v) is 4.35. The third-order valence-corrected chi connectivity index (χ3v) is 3.17. The molecule has 0 saturated heterocycles. The molecule has 0 spiro atoms. The summed E-state index contributed by atoms with van der Waals surface area (Å²) in [5, 5.41) is 8.92. The number of rotatable bonds is 3. The van der Waals surface area contributed by atoms with Crippen molar-refractivity contribution in [1.82, 2.24) is 0 Å². The van der Waals surface area contributed by atoms with E-state index in [1.165, 1.54) is 6.92 Å². The number of aliphatic carboxylic acids is 1. The highest BCUT2D eigenvalue weighted by Crippen LogP contribution is 2.40. The average Bonchev–Trinajstić information content (AvgIpc) is 2.67. The third-order valence-electron chi connectivity index (χ3n) is 3.17. The van der Waals surface area contributed by atoms with E-state index in [9.17, 15) is 9.59 Å². The van der Waals surface area contributed by atoms with Crippen LogP contribution in [0.25, 0.3) is 0 Å². The molecule has 0 bridgehead atoms. The summed E-state index contributed by atoms with van der Waals surface area (Å²) in [4.78, 5) is 24.0. The molecule has 2 rings (SSSR count). The highest BCUT2D eigenvalue weighted by atomic mass is 16.5. The Bertz CT molecular complexity index is 498. The van der Waals surface area contributed by atoms with E-state index in [-0.39, 0.29) is 18.2 Å². The van der Waals surface area contributed by atoms with Gasteiger partial charge in [0.2, 0.25) is 5.91 Å². The maximum Gasteiger partial charge on any atom is 0.304 e. The number of anilines is 1. The maximum absolute atomic E-state index is 11.5. The number of benzene rings is 1. The van der Waals surface area contributed by atoms with Crippen LogP contribution in [0.2, 0.25) is 0 Å². The van der Waals surface area contributed by atoms with Gasteiger partial charge in [-0.3, -0.25) is 9.59 Å². The van der Waals surface area contributed by atoms with Crippen molar-refractivity contribution < 1.29 is 19.4 Å². The summed E-state index contributed by atoms with van der Waals surface area (Å²) in [7, 11) is 1.56. The van der Waals surface area contributed by atoms with Crippen LogP contribution in [0.5, 0.6) is 5.75 Å². The van der Waals surface area contributed by atoms with Crippen LogP contribution in [0, 0.1) is 0 Å².